The molecule has 8 heteroatoms. The van der Waals surface area contributed by atoms with E-state index in [2.05, 4.69) is 5.32 Å². The second-order valence-corrected chi connectivity index (χ2v) is 11.6. The van der Waals surface area contributed by atoms with Crippen molar-refractivity contribution in [2.45, 2.75) is 64.1 Å². The van der Waals surface area contributed by atoms with Gasteiger partial charge in [-0.25, -0.2) is 8.42 Å². The van der Waals surface area contributed by atoms with Gasteiger partial charge in [0.2, 0.25) is 21.8 Å². The predicted octanol–water partition coefficient (Wildman–Crippen LogP) is 4.49. The smallest absolute Gasteiger partial charge is 0.243 e. The molecule has 0 saturated heterocycles. The van der Waals surface area contributed by atoms with Gasteiger partial charge in [0.1, 0.15) is 6.04 Å². The molecule has 2 atom stereocenters. The number of nitrogens with zero attached hydrogens (tertiary/aromatic N) is 2. The monoisotopic (exact) mass is 523 g/mol. The molecule has 3 aromatic rings. The first-order valence-corrected chi connectivity index (χ1v) is 14.1. The molecule has 3 aromatic carbocycles. The van der Waals surface area contributed by atoms with Crippen LogP contribution in [-0.4, -0.2) is 55.1 Å². The van der Waals surface area contributed by atoms with Crippen molar-refractivity contribution >= 4 is 32.6 Å². The minimum Gasteiger partial charge on any atom is -0.352 e. The third-order valence-electron chi connectivity index (χ3n) is 6.61. The number of rotatable bonds is 11. The van der Waals surface area contributed by atoms with Gasteiger partial charge < -0.3 is 10.2 Å². The average Bonchev–Trinajstić information content (AvgIpc) is 2.88. The number of carbonyl (C=O) groups excluding carboxylic acids is 2. The van der Waals surface area contributed by atoms with Crippen LogP contribution in [0.1, 0.15) is 44.7 Å². The first kappa shape index (κ1) is 28.3. The Balaban J connectivity index is 1.88. The van der Waals surface area contributed by atoms with Crippen molar-refractivity contribution in [2.24, 2.45) is 0 Å². The molecule has 0 aliphatic carbocycles. The summed E-state index contributed by atoms with van der Waals surface area (Å²) >= 11 is 0. The molecular weight excluding hydrogens is 486 g/mol. The van der Waals surface area contributed by atoms with Gasteiger partial charge in [-0.15, -0.1) is 0 Å². The summed E-state index contributed by atoms with van der Waals surface area (Å²) in [6.07, 6.45) is 1.17. The fourth-order valence-electron chi connectivity index (χ4n) is 4.24. The number of aryl methyl sites for hydroxylation is 1. The number of fused-ring (bicyclic) bond motifs is 1. The number of likely N-dealkylation sites (N-methyl/N-ethyl adjacent to an activating group) is 1. The second kappa shape index (κ2) is 12.3. The molecule has 0 spiro atoms. The van der Waals surface area contributed by atoms with Gasteiger partial charge in [-0.3, -0.25) is 9.59 Å². The van der Waals surface area contributed by atoms with Crippen molar-refractivity contribution in [2.75, 3.05) is 13.6 Å². The van der Waals surface area contributed by atoms with Crippen LogP contribution in [0.15, 0.2) is 71.6 Å². The summed E-state index contributed by atoms with van der Waals surface area (Å²) in [6, 6.07) is 19.4. The van der Waals surface area contributed by atoms with E-state index in [1.54, 1.807) is 18.2 Å². The third kappa shape index (κ3) is 6.96. The predicted molar refractivity (Wildman–Crippen MR) is 147 cm³/mol. The standard InChI is InChI=1S/C29H37N3O4S/c1-6-22(4)30-29(34)27(7-2)32(19-23-12-10-11-21(3)17-23)28(33)20-31(5)37(35,36)26-16-15-24-13-8-9-14-25(24)18-26/h8-18,22,27H,6-7,19-20H2,1-5H3,(H,30,34). The molecule has 2 unspecified atom stereocenters. The Morgan fingerprint density at radius 3 is 2.27 bits per heavy atom. The highest BCUT2D eigenvalue weighted by atomic mass is 32.2. The number of sulfonamides is 1. The number of hydrogen-bond acceptors (Lipinski definition) is 4. The lowest BCUT2D eigenvalue weighted by Crippen LogP contribution is -2.53. The van der Waals surface area contributed by atoms with Gasteiger partial charge in [0.15, 0.2) is 0 Å². The minimum atomic E-state index is -3.93. The van der Waals surface area contributed by atoms with Crippen LogP contribution < -0.4 is 5.32 Å². The van der Waals surface area contributed by atoms with Crippen molar-refractivity contribution in [1.82, 2.24) is 14.5 Å². The Morgan fingerprint density at radius 1 is 0.919 bits per heavy atom. The average molecular weight is 524 g/mol. The number of carbonyl (C=O) groups is 2. The molecule has 198 valence electrons. The molecule has 2 amide bonds. The van der Waals surface area contributed by atoms with Crippen LogP contribution in [0.3, 0.4) is 0 Å². The van der Waals surface area contributed by atoms with Gasteiger partial charge in [0.25, 0.3) is 0 Å². The molecule has 37 heavy (non-hydrogen) atoms. The van der Waals surface area contributed by atoms with Crippen molar-refractivity contribution in [3.05, 3.63) is 77.9 Å². The maximum absolute atomic E-state index is 13.6. The van der Waals surface area contributed by atoms with E-state index in [0.29, 0.717) is 6.42 Å². The van der Waals surface area contributed by atoms with E-state index >= 15 is 0 Å². The van der Waals surface area contributed by atoms with E-state index in [0.717, 1.165) is 32.6 Å². The number of benzene rings is 3. The third-order valence-corrected chi connectivity index (χ3v) is 8.41. The number of hydrogen-bond donors (Lipinski definition) is 1. The van der Waals surface area contributed by atoms with Crippen LogP contribution in [0.5, 0.6) is 0 Å². The maximum atomic E-state index is 13.6. The molecular formula is C29H37N3O4S. The minimum absolute atomic E-state index is 0.0339. The Morgan fingerprint density at radius 2 is 1.62 bits per heavy atom. The summed E-state index contributed by atoms with van der Waals surface area (Å²) in [5.74, 6) is -0.669. The van der Waals surface area contributed by atoms with Gasteiger partial charge in [0, 0.05) is 19.6 Å². The van der Waals surface area contributed by atoms with Crippen LogP contribution in [0.4, 0.5) is 0 Å². The second-order valence-electron chi connectivity index (χ2n) is 9.52. The van der Waals surface area contributed by atoms with E-state index < -0.39 is 22.0 Å². The fourth-order valence-corrected chi connectivity index (χ4v) is 5.40. The zero-order valence-electron chi connectivity index (χ0n) is 22.3. The summed E-state index contributed by atoms with van der Waals surface area (Å²) in [7, 11) is -2.53. The number of nitrogens with one attached hydrogen (secondary N) is 1. The quantitative estimate of drug-likeness (QED) is 0.401. The molecule has 0 saturated carbocycles. The lowest BCUT2D eigenvalue weighted by atomic mass is 10.1. The molecule has 0 aromatic heterocycles. The van der Waals surface area contributed by atoms with Crippen molar-refractivity contribution in [3.63, 3.8) is 0 Å². The Kier molecular flexibility index (Phi) is 9.45. The summed E-state index contributed by atoms with van der Waals surface area (Å²) in [5, 5.41) is 4.71. The molecule has 0 radical (unpaired) electrons. The normalized spacial score (nSPS) is 13.4. The lowest BCUT2D eigenvalue weighted by molar-refractivity contribution is -0.141. The zero-order valence-corrected chi connectivity index (χ0v) is 23.1. The van der Waals surface area contributed by atoms with E-state index in [1.807, 2.05) is 76.2 Å². The molecule has 0 aliphatic rings. The first-order valence-electron chi connectivity index (χ1n) is 12.7. The van der Waals surface area contributed by atoms with Crippen LogP contribution in [0.2, 0.25) is 0 Å². The van der Waals surface area contributed by atoms with E-state index in [1.165, 1.54) is 11.9 Å². The van der Waals surface area contributed by atoms with Gasteiger partial charge in [-0.1, -0.05) is 74.0 Å². The molecule has 1 N–H and O–H groups in total. The Labute approximate surface area is 220 Å². The van der Waals surface area contributed by atoms with Gasteiger partial charge in [-0.05, 0) is 55.2 Å². The summed E-state index contributed by atoms with van der Waals surface area (Å²) < 4.78 is 27.8. The molecule has 0 aliphatic heterocycles. The van der Waals surface area contributed by atoms with Crippen molar-refractivity contribution in [3.8, 4) is 0 Å². The summed E-state index contributed by atoms with van der Waals surface area (Å²) in [5.41, 5.74) is 1.92. The highest BCUT2D eigenvalue weighted by Crippen LogP contribution is 2.22. The summed E-state index contributed by atoms with van der Waals surface area (Å²) in [6.45, 7) is 7.54. The zero-order chi connectivity index (χ0) is 27.2. The molecule has 0 bridgehead atoms. The van der Waals surface area contributed by atoms with Crippen molar-refractivity contribution in [1.29, 1.82) is 0 Å². The number of amides is 2. The molecule has 7 nitrogen and oxygen atoms in total. The van der Waals surface area contributed by atoms with E-state index in [9.17, 15) is 18.0 Å². The van der Waals surface area contributed by atoms with Gasteiger partial charge >= 0.3 is 0 Å². The van der Waals surface area contributed by atoms with Crippen LogP contribution in [0.25, 0.3) is 10.8 Å². The topological polar surface area (TPSA) is 86.8 Å². The highest BCUT2D eigenvalue weighted by molar-refractivity contribution is 7.89. The SMILES string of the molecule is CCC(C)NC(=O)C(CC)N(Cc1cccc(C)c1)C(=O)CN(C)S(=O)(=O)c1ccc2ccccc2c1. The van der Waals surface area contributed by atoms with E-state index in [4.69, 9.17) is 0 Å². The summed E-state index contributed by atoms with van der Waals surface area (Å²) in [4.78, 5) is 28.4. The first-order chi connectivity index (χ1) is 17.6. The largest absolute Gasteiger partial charge is 0.352 e. The molecule has 0 fully saturated rings. The molecule has 0 heterocycles. The fraction of sp³-hybridized carbons (Fsp3) is 0.379. The van der Waals surface area contributed by atoms with E-state index in [-0.39, 0.29) is 29.9 Å². The lowest BCUT2D eigenvalue weighted by Gasteiger charge is -2.32. The maximum Gasteiger partial charge on any atom is 0.243 e. The van der Waals surface area contributed by atoms with Gasteiger partial charge in [0.05, 0.1) is 11.4 Å². The molecule has 3 rings (SSSR count). The Hall–Kier alpha value is -3.23. The Bertz CT molecular complexity index is 1360. The van der Waals surface area contributed by atoms with Crippen LogP contribution in [0, 0.1) is 6.92 Å². The van der Waals surface area contributed by atoms with Crippen LogP contribution in [-0.2, 0) is 26.2 Å². The van der Waals surface area contributed by atoms with Gasteiger partial charge in [-0.2, -0.15) is 4.31 Å². The van der Waals surface area contributed by atoms with Crippen LogP contribution >= 0.6 is 0 Å². The highest BCUT2D eigenvalue weighted by Gasteiger charge is 2.32. The van der Waals surface area contributed by atoms with Crippen molar-refractivity contribution < 1.29 is 18.0 Å².